The standard InChI is InChI=1S/C24H30N4O5/c1-5-27(6-2)7-8-28-23-16-11-20-21(33-13-32-20)12-17(16)25-26-22(23)14-9-18(30-3)19(31-4)10-15(14)24(28)29/h11-12,25-26H,5-10,13H2,1-4H3. The van der Waals surface area contributed by atoms with Crippen LogP contribution in [0, 0.1) is 0 Å². The highest BCUT2D eigenvalue weighted by Gasteiger charge is 2.33. The van der Waals surface area contributed by atoms with Crippen LogP contribution in [0.5, 0.6) is 11.5 Å². The van der Waals surface area contributed by atoms with Crippen molar-refractivity contribution in [3.8, 4) is 22.8 Å². The zero-order valence-corrected chi connectivity index (χ0v) is 19.5. The minimum Gasteiger partial charge on any atom is -0.497 e. The van der Waals surface area contributed by atoms with Gasteiger partial charge in [-0.3, -0.25) is 15.6 Å². The van der Waals surface area contributed by atoms with Gasteiger partial charge in [-0.15, -0.1) is 0 Å². The second kappa shape index (κ2) is 8.55. The molecule has 1 aliphatic carbocycles. The molecule has 0 unspecified atom stereocenters. The first-order valence-corrected chi connectivity index (χ1v) is 11.4. The van der Waals surface area contributed by atoms with Crippen LogP contribution in [0.1, 0.15) is 25.0 Å². The van der Waals surface area contributed by atoms with Crippen LogP contribution in [0.3, 0.4) is 0 Å². The summed E-state index contributed by atoms with van der Waals surface area (Å²) in [6.45, 7) is 7.69. The van der Waals surface area contributed by atoms with Crippen LogP contribution in [0.15, 0.2) is 28.4 Å². The average molecular weight is 455 g/mol. The van der Waals surface area contributed by atoms with E-state index in [1.807, 2.05) is 16.7 Å². The smallest absolute Gasteiger partial charge is 0.255 e. The number of ether oxygens (including phenoxy) is 4. The van der Waals surface area contributed by atoms with Crippen LogP contribution < -0.4 is 25.9 Å². The topological polar surface area (TPSA) is 86.2 Å². The molecule has 0 amide bonds. The molecule has 0 atom stereocenters. The minimum absolute atomic E-state index is 0.00734. The van der Waals surface area contributed by atoms with E-state index >= 15 is 0 Å². The van der Waals surface area contributed by atoms with Gasteiger partial charge in [-0.05, 0) is 24.7 Å². The predicted molar refractivity (Wildman–Crippen MR) is 126 cm³/mol. The molecule has 33 heavy (non-hydrogen) atoms. The van der Waals surface area contributed by atoms with Crippen molar-refractivity contribution in [1.29, 1.82) is 0 Å². The molecule has 0 spiro atoms. The molecule has 2 N–H and O–H groups in total. The molecule has 176 valence electrons. The Morgan fingerprint density at radius 3 is 2.33 bits per heavy atom. The fraction of sp³-hybridized carbons (Fsp3) is 0.458. The summed E-state index contributed by atoms with van der Waals surface area (Å²) in [6.07, 6.45) is 0.889. The number of nitrogens with zero attached hydrogens (tertiary/aromatic N) is 2. The number of nitrogens with one attached hydrogen (secondary N) is 2. The fourth-order valence-electron chi connectivity index (χ4n) is 4.87. The highest BCUT2D eigenvalue weighted by molar-refractivity contribution is 5.92. The van der Waals surface area contributed by atoms with Crippen molar-refractivity contribution < 1.29 is 18.9 Å². The van der Waals surface area contributed by atoms with Crippen LogP contribution in [0.2, 0.25) is 0 Å². The van der Waals surface area contributed by atoms with Crippen molar-refractivity contribution >= 4 is 11.4 Å². The quantitative estimate of drug-likeness (QED) is 0.661. The third kappa shape index (κ3) is 3.47. The number of aromatic nitrogens is 1. The lowest BCUT2D eigenvalue weighted by Gasteiger charge is -2.32. The third-order valence-electron chi connectivity index (χ3n) is 6.78. The van der Waals surface area contributed by atoms with Gasteiger partial charge in [0.15, 0.2) is 11.5 Å². The number of methoxy groups -OCH3 is 2. The summed E-state index contributed by atoms with van der Waals surface area (Å²) < 4.78 is 24.3. The number of hydrazine groups is 1. The van der Waals surface area contributed by atoms with Crippen LogP contribution >= 0.6 is 0 Å². The van der Waals surface area contributed by atoms with Gasteiger partial charge in [-0.25, -0.2) is 0 Å². The Morgan fingerprint density at radius 1 is 1.00 bits per heavy atom. The highest BCUT2D eigenvalue weighted by atomic mass is 16.7. The Hall–Kier alpha value is -3.33. The fourth-order valence-corrected chi connectivity index (χ4v) is 4.87. The van der Waals surface area contributed by atoms with E-state index in [2.05, 4.69) is 29.6 Å². The van der Waals surface area contributed by atoms with E-state index in [1.54, 1.807) is 14.2 Å². The van der Waals surface area contributed by atoms with Crippen LogP contribution in [0.25, 0.3) is 11.3 Å². The molecule has 0 radical (unpaired) electrons. The van der Waals surface area contributed by atoms with Crippen molar-refractivity contribution in [2.75, 3.05) is 51.5 Å². The van der Waals surface area contributed by atoms with Crippen molar-refractivity contribution in [3.63, 3.8) is 0 Å². The first kappa shape index (κ1) is 21.5. The number of rotatable bonds is 7. The summed E-state index contributed by atoms with van der Waals surface area (Å²) in [5, 5.41) is 0. The lowest BCUT2D eigenvalue weighted by atomic mass is 9.90. The maximum atomic E-state index is 13.9. The normalized spacial score (nSPS) is 15.4. The van der Waals surface area contributed by atoms with Crippen LogP contribution in [-0.2, 0) is 28.9 Å². The van der Waals surface area contributed by atoms with Gasteiger partial charge in [0.05, 0.1) is 31.3 Å². The monoisotopic (exact) mass is 454 g/mol. The van der Waals surface area contributed by atoms with E-state index in [1.165, 1.54) is 0 Å². The molecular weight excluding hydrogens is 424 g/mol. The Morgan fingerprint density at radius 2 is 1.67 bits per heavy atom. The van der Waals surface area contributed by atoms with Crippen molar-refractivity contribution in [3.05, 3.63) is 45.1 Å². The molecule has 0 bridgehead atoms. The van der Waals surface area contributed by atoms with Crippen molar-refractivity contribution in [1.82, 2.24) is 9.47 Å². The number of pyridine rings is 1. The SMILES string of the molecule is CCN(CC)CCn1c2c(c3c(c1=O)CC(OC)=C(OC)C3)NNc1cc3c(cc1-2)OCO3. The molecular formula is C24H30N4O5. The average Bonchev–Trinajstić information content (AvgIpc) is 3.31. The third-order valence-corrected chi connectivity index (χ3v) is 6.78. The predicted octanol–water partition coefficient (Wildman–Crippen LogP) is 2.94. The number of fused-ring (bicyclic) bond motifs is 6. The van der Waals surface area contributed by atoms with E-state index in [9.17, 15) is 4.79 Å². The van der Waals surface area contributed by atoms with Gasteiger partial charge in [0, 0.05) is 43.1 Å². The summed E-state index contributed by atoms with van der Waals surface area (Å²) in [6, 6.07) is 3.87. The minimum atomic E-state index is 0.00734. The van der Waals surface area contributed by atoms with Gasteiger partial charge in [-0.1, -0.05) is 13.8 Å². The zero-order chi connectivity index (χ0) is 23.1. The Labute approximate surface area is 192 Å². The zero-order valence-electron chi connectivity index (χ0n) is 19.5. The number of likely N-dealkylation sites (N-methyl/N-ethyl adjacent to an activating group) is 1. The number of anilines is 2. The van der Waals surface area contributed by atoms with Gasteiger partial charge >= 0.3 is 0 Å². The molecule has 5 rings (SSSR count). The number of benzene rings is 1. The molecule has 2 aliphatic heterocycles. The molecule has 3 aliphatic rings. The molecule has 0 saturated heterocycles. The maximum absolute atomic E-state index is 13.9. The summed E-state index contributed by atoms with van der Waals surface area (Å²) in [7, 11) is 3.26. The lowest BCUT2D eigenvalue weighted by Crippen LogP contribution is -2.37. The van der Waals surface area contributed by atoms with Crippen molar-refractivity contribution in [2.45, 2.75) is 33.2 Å². The summed E-state index contributed by atoms with van der Waals surface area (Å²) >= 11 is 0. The summed E-state index contributed by atoms with van der Waals surface area (Å²) in [5.74, 6) is 2.81. The first-order valence-electron chi connectivity index (χ1n) is 11.4. The maximum Gasteiger partial charge on any atom is 0.255 e. The molecule has 9 heteroatoms. The van der Waals surface area contributed by atoms with Gasteiger partial charge in [0.2, 0.25) is 6.79 Å². The Balaban J connectivity index is 1.71. The molecule has 1 aromatic carbocycles. The van der Waals surface area contributed by atoms with Crippen molar-refractivity contribution in [2.24, 2.45) is 0 Å². The largest absolute Gasteiger partial charge is 0.497 e. The summed E-state index contributed by atoms with van der Waals surface area (Å²) in [4.78, 5) is 16.2. The second-order valence-corrected chi connectivity index (χ2v) is 8.27. The van der Waals surface area contributed by atoms with Gasteiger partial charge < -0.3 is 28.4 Å². The number of hydrogen-bond donors (Lipinski definition) is 2. The highest BCUT2D eigenvalue weighted by Crippen LogP contribution is 2.47. The van der Waals surface area contributed by atoms with E-state index in [-0.39, 0.29) is 12.4 Å². The summed E-state index contributed by atoms with van der Waals surface area (Å²) in [5.41, 5.74) is 11.8. The molecule has 9 nitrogen and oxygen atoms in total. The molecule has 0 fully saturated rings. The molecule has 1 aromatic heterocycles. The van der Waals surface area contributed by atoms with Crippen LogP contribution in [0.4, 0.5) is 11.4 Å². The van der Waals surface area contributed by atoms with Gasteiger partial charge in [0.1, 0.15) is 11.5 Å². The Bertz CT molecular complexity index is 1180. The van der Waals surface area contributed by atoms with E-state index < -0.39 is 0 Å². The molecule has 3 heterocycles. The van der Waals surface area contributed by atoms with E-state index in [4.69, 9.17) is 18.9 Å². The van der Waals surface area contributed by atoms with Gasteiger partial charge in [-0.2, -0.15) is 0 Å². The lowest BCUT2D eigenvalue weighted by molar-refractivity contribution is 0.174. The van der Waals surface area contributed by atoms with Gasteiger partial charge in [0.25, 0.3) is 5.56 Å². The Kier molecular flexibility index (Phi) is 5.57. The first-order chi connectivity index (χ1) is 16.1. The molecule has 0 saturated carbocycles. The number of allylic oxidation sites excluding steroid dienone is 2. The van der Waals surface area contributed by atoms with Crippen LogP contribution in [-0.4, -0.2) is 50.1 Å². The molecule has 2 aromatic rings. The number of hydrogen-bond acceptors (Lipinski definition) is 8. The van der Waals surface area contributed by atoms with E-state index in [0.29, 0.717) is 36.6 Å². The van der Waals surface area contributed by atoms with E-state index in [0.717, 1.165) is 59.2 Å². The second-order valence-electron chi connectivity index (χ2n) is 8.27.